The van der Waals surface area contributed by atoms with Crippen molar-refractivity contribution in [3.63, 3.8) is 0 Å². The summed E-state index contributed by atoms with van der Waals surface area (Å²) < 4.78 is 0. The number of hydrogen-bond donors (Lipinski definition) is 1. The van der Waals surface area contributed by atoms with Crippen LogP contribution >= 0.6 is 0 Å². The number of carbonyl (C=O) groups is 1. The van der Waals surface area contributed by atoms with E-state index in [4.69, 9.17) is 5.73 Å². The van der Waals surface area contributed by atoms with E-state index >= 15 is 0 Å². The second-order valence-corrected chi connectivity index (χ2v) is 9.17. The predicted molar refractivity (Wildman–Crippen MR) is 106 cm³/mol. The molecule has 3 atom stereocenters. The normalized spacial score (nSPS) is 33.2. The highest BCUT2D eigenvalue weighted by molar-refractivity contribution is 5.92. The lowest BCUT2D eigenvalue weighted by atomic mass is 9.69. The minimum Gasteiger partial charge on any atom is -0.351 e. The van der Waals surface area contributed by atoms with Gasteiger partial charge in [-0.25, -0.2) is 4.79 Å². The molecule has 26 heavy (non-hydrogen) atoms. The number of likely N-dealkylation sites (tertiary alicyclic amines) is 1. The third-order valence-electron chi connectivity index (χ3n) is 7.99. The van der Waals surface area contributed by atoms with Gasteiger partial charge in [-0.3, -0.25) is 4.90 Å². The molecule has 1 aromatic rings. The highest BCUT2D eigenvalue weighted by atomic mass is 16.2. The average Bonchev–Trinajstić information content (AvgIpc) is 3.25. The number of primary amides is 1. The highest BCUT2D eigenvalue weighted by Gasteiger charge is 2.46. The van der Waals surface area contributed by atoms with Crippen molar-refractivity contribution < 1.29 is 6.22 Å². The van der Waals surface area contributed by atoms with Gasteiger partial charge in [-0.1, -0.05) is 24.6 Å². The molecule has 2 heterocycles. The lowest BCUT2D eigenvalue weighted by molar-refractivity contribution is 0.0805. The Bertz CT molecular complexity index is 701. The van der Waals surface area contributed by atoms with Crippen LogP contribution in [0.4, 0.5) is 10.5 Å². The number of anilines is 1. The SMILES string of the molecule is NC(=O)N1CCCC2(CCN(C3C[C@@H]4CC[C@@H]3C4)CC2)c2ccccc21.[HH]. The number of carbonyl (C=O) groups excluding carboxylic acids is 1. The summed E-state index contributed by atoms with van der Waals surface area (Å²) in [6, 6.07) is 9.06. The van der Waals surface area contributed by atoms with Gasteiger partial charge >= 0.3 is 6.03 Å². The summed E-state index contributed by atoms with van der Waals surface area (Å²) in [6.07, 6.45) is 10.6. The van der Waals surface area contributed by atoms with Crippen molar-refractivity contribution >= 4 is 11.7 Å². The zero-order valence-corrected chi connectivity index (χ0v) is 15.7. The Morgan fingerprint density at radius 2 is 1.88 bits per heavy atom. The molecule has 1 aromatic carbocycles. The number of nitrogens with two attached hydrogens (primary N) is 1. The van der Waals surface area contributed by atoms with Gasteiger partial charge in [0.15, 0.2) is 0 Å². The molecular formula is C22H33N3O. The van der Waals surface area contributed by atoms with E-state index in [1.807, 2.05) is 6.07 Å². The second kappa shape index (κ2) is 6.26. The Balaban J connectivity index is 0.00000180. The van der Waals surface area contributed by atoms with Crippen molar-refractivity contribution in [2.75, 3.05) is 24.5 Å². The van der Waals surface area contributed by atoms with Crippen LogP contribution in [0.2, 0.25) is 0 Å². The Morgan fingerprint density at radius 3 is 2.58 bits per heavy atom. The predicted octanol–water partition coefficient (Wildman–Crippen LogP) is 4.13. The standard InChI is InChI=1S/C22H31N3O.H2/c23-21(26)25-11-3-8-22(18-4-1-2-5-19(18)25)9-12-24(13-10-22)20-15-16-6-7-17(20)14-16;/h1-2,4-5,16-17,20H,3,6-15H2,(H2,23,26);1H/t16-,17-,20?;/m1./s1. The third-order valence-corrected chi connectivity index (χ3v) is 7.99. The molecule has 0 radical (unpaired) electrons. The lowest BCUT2D eigenvalue weighted by Crippen LogP contribution is -2.48. The summed E-state index contributed by atoms with van der Waals surface area (Å²) in [4.78, 5) is 16.6. The van der Waals surface area contributed by atoms with Gasteiger partial charge in [0.05, 0.1) is 0 Å². The van der Waals surface area contributed by atoms with Crippen LogP contribution in [0.25, 0.3) is 0 Å². The number of amides is 2. The van der Waals surface area contributed by atoms with Gasteiger partial charge in [-0.2, -0.15) is 0 Å². The molecular weight excluding hydrogens is 322 g/mol. The topological polar surface area (TPSA) is 49.6 Å². The minimum absolute atomic E-state index is 0. The molecule has 5 rings (SSSR count). The summed E-state index contributed by atoms with van der Waals surface area (Å²) in [6.45, 7) is 3.20. The number of benzene rings is 1. The van der Waals surface area contributed by atoms with Gasteiger partial charge in [0.1, 0.15) is 0 Å². The Labute approximate surface area is 158 Å². The van der Waals surface area contributed by atoms with Gasteiger partial charge in [-0.15, -0.1) is 0 Å². The maximum Gasteiger partial charge on any atom is 0.319 e. The Hall–Kier alpha value is -1.55. The summed E-state index contributed by atoms with van der Waals surface area (Å²) >= 11 is 0. The Kier molecular flexibility index (Phi) is 4.00. The van der Waals surface area contributed by atoms with E-state index in [1.54, 1.807) is 4.90 Å². The third kappa shape index (κ3) is 2.57. The number of rotatable bonds is 1. The van der Waals surface area contributed by atoms with Crippen LogP contribution in [-0.2, 0) is 5.41 Å². The van der Waals surface area contributed by atoms with Crippen LogP contribution in [0.15, 0.2) is 24.3 Å². The smallest absolute Gasteiger partial charge is 0.319 e. The maximum atomic E-state index is 12.0. The van der Waals surface area contributed by atoms with Crippen molar-refractivity contribution in [2.24, 2.45) is 17.6 Å². The number of nitrogens with zero attached hydrogens (tertiary/aromatic N) is 2. The molecule has 2 bridgehead atoms. The molecule has 4 heteroatoms. The molecule has 2 aliphatic carbocycles. The van der Waals surface area contributed by atoms with Crippen molar-refractivity contribution in [3.05, 3.63) is 29.8 Å². The molecule has 4 nitrogen and oxygen atoms in total. The molecule has 1 spiro atoms. The van der Waals surface area contributed by atoms with Crippen LogP contribution in [0.3, 0.4) is 0 Å². The highest BCUT2D eigenvalue weighted by Crippen LogP contribution is 2.50. The first kappa shape index (κ1) is 16.6. The molecule has 0 aromatic heterocycles. The number of fused-ring (bicyclic) bond motifs is 4. The van der Waals surface area contributed by atoms with E-state index < -0.39 is 0 Å². The molecule has 3 fully saturated rings. The lowest BCUT2D eigenvalue weighted by Gasteiger charge is -2.46. The van der Waals surface area contributed by atoms with E-state index in [0.717, 1.165) is 36.5 Å². The number of hydrogen-bond acceptors (Lipinski definition) is 2. The molecule has 4 aliphatic rings. The van der Waals surface area contributed by atoms with Crippen LogP contribution in [0, 0.1) is 11.8 Å². The van der Waals surface area contributed by atoms with Crippen LogP contribution in [-0.4, -0.2) is 36.6 Å². The van der Waals surface area contributed by atoms with E-state index in [-0.39, 0.29) is 12.9 Å². The largest absolute Gasteiger partial charge is 0.351 e. The van der Waals surface area contributed by atoms with Crippen molar-refractivity contribution in [1.29, 1.82) is 0 Å². The minimum atomic E-state index is -0.311. The Morgan fingerprint density at radius 1 is 1.08 bits per heavy atom. The monoisotopic (exact) mass is 355 g/mol. The fourth-order valence-corrected chi connectivity index (χ4v) is 6.68. The summed E-state index contributed by atoms with van der Waals surface area (Å²) in [5, 5.41) is 0. The molecule has 1 unspecified atom stereocenters. The van der Waals surface area contributed by atoms with Crippen molar-refractivity contribution in [1.82, 2.24) is 4.90 Å². The first-order chi connectivity index (χ1) is 12.7. The van der Waals surface area contributed by atoms with Gasteiger partial charge in [-0.05, 0) is 86.9 Å². The summed E-state index contributed by atoms with van der Waals surface area (Å²) in [5.41, 5.74) is 8.34. The van der Waals surface area contributed by atoms with Crippen molar-refractivity contribution in [3.8, 4) is 0 Å². The van der Waals surface area contributed by atoms with E-state index in [1.165, 1.54) is 63.6 Å². The molecule has 1 saturated heterocycles. The first-order valence-electron chi connectivity index (χ1n) is 10.6. The summed E-state index contributed by atoms with van der Waals surface area (Å²) in [5.74, 6) is 1.99. The van der Waals surface area contributed by atoms with Crippen LogP contribution in [0.5, 0.6) is 0 Å². The molecule has 2 aliphatic heterocycles. The number of piperidine rings is 1. The molecule has 2 amide bonds. The van der Waals surface area contributed by atoms with E-state index in [9.17, 15) is 4.79 Å². The number of para-hydroxylation sites is 1. The molecule has 142 valence electrons. The maximum absolute atomic E-state index is 12.0. The summed E-state index contributed by atoms with van der Waals surface area (Å²) in [7, 11) is 0. The fraction of sp³-hybridized carbons (Fsp3) is 0.682. The first-order valence-corrected chi connectivity index (χ1v) is 10.6. The number of urea groups is 1. The van der Waals surface area contributed by atoms with E-state index in [2.05, 4.69) is 23.1 Å². The van der Waals surface area contributed by atoms with Gasteiger partial charge in [0.25, 0.3) is 0 Å². The van der Waals surface area contributed by atoms with Crippen LogP contribution < -0.4 is 10.6 Å². The zero-order chi connectivity index (χ0) is 17.7. The van der Waals surface area contributed by atoms with Crippen molar-refractivity contribution in [2.45, 2.75) is 62.8 Å². The molecule has 2 saturated carbocycles. The van der Waals surface area contributed by atoms with Gasteiger partial charge in [0.2, 0.25) is 0 Å². The van der Waals surface area contributed by atoms with Gasteiger partial charge in [0, 0.05) is 19.7 Å². The quantitative estimate of drug-likeness (QED) is 0.823. The zero-order valence-electron chi connectivity index (χ0n) is 15.7. The van der Waals surface area contributed by atoms with Crippen LogP contribution in [0.1, 0.15) is 58.4 Å². The van der Waals surface area contributed by atoms with Gasteiger partial charge < -0.3 is 10.6 Å². The van der Waals surface area contributed by atoms with E-state index in [0.29, 0.717) is 0 Å². The molecule has 2 N–H and O–H groups in total. The second-order valence-electron chi connectivity index (χ2n) is 9.17. The fourth-order valence-electron chi connectivity index (χ4n) is 6.68. The average molecular weight is 356 g/mol.